The Bertz CT molecular complexity index is 7450. The third kappa shape index (κ3) is 10.9. The second kappa shape index (κ2) is 26.7. The summed E-state index contributed by atoms with van der Waals surface area (Å²) in [5.74, 6) is 0. The molecule has 0 aliphatic heterocycles. The summed E-state index contributed by atoms with van der Waals surface area (Å²) in [7, 11) is 0. The largest absolute Gasteiger partial charge is 0.310 e. The molecule has 0 radical (unpaired) electrons. The van der Waals surface area contributed by atoms with E-state index in [1.54, 1.807) is 0 Å². The number of rotatable bonds is 13. The standard InChI is InChI=1S/C110H77N7/c1-110(2,3)76-44-48-83(49-45-76)113(88-52-56-96-104(70-88)116(81-38-18-8-19-39-81)100-64-60-90-92(108(96)100)58-62-98-106(90)94-54-50-86(68-102(94)114(98)79-34-14-6-15-35-79)111(77-30-10-4-11-31-77)84-46-42-72-26-22-24-28-74(72)66-84)89-53-57-97-105(71-89)117(82-40-20-9-21-41-82)101-65-61-91-93(109(97)101)59-63-99-107(91)95-55-51-87(69-103(95)115(99)80-36-16-7-17-37-80)112(78-32-12-5-13-33-78)85-47-43-73-27-23-25-29-75(73)67-85/h4-71H,1-3H3. The SMILES string of the molecule is CC(C)(C)c1ccc(N(c2ccc3c4c5ccc6c(c5ccc4n(-c4ccccc4)c3c2)c2ccc(N(c3ccccc3)c3ccc4ccccc4c3)cc2n6-c2ccccc2)c2ccc3c4c5ccc6c(c5ccc4n(-c4ccccc4)c3c2)c2ccc(N(c3ccccc3)c3ccc4ccccc4c3)cc2n6-c2ccccc2)cc1. The first-order valence-corrected chi connectivity index (χ1v) is 40.5. The molecule has 7 nitrogen and oxygen atoms in total. The highest BCUT2D eigenvalue weighted by Crippen LogP contribution is 2.51. The van der Waals surface area contributed by atoms with Crippen LogP contribution in [-0.2, 0) is 5.41 Å². The Hall–Kier alpha value is -15.2. The first kappa shape index (κ1) is 67.5. The molecule has 7 heteroatoms. The van der Waals surface area contributed by atoms with E-state index in [1.807, 2.05) is 0 Å². The van der Waals surface area contributed by atoms with Gasteiger partial charge in [-0.05, 0) is 236 Å². The molecule has 552 valence electrons. The lowest BCUT2D eigenvalue weighted by Crippen LogP contribution is -2.13. The van der Waals surface area contributed by atoms with Gasteiger partial charge >= 0.3 is 0 Å². The predicted molar refractivity (Wildman–Crippen MR) is 497 cm³/mol. The van der Waals surface area contributed by atoms with Crippen LogP contribution < -0.4 is 14.7 Å². The fraction of sp³-hybridized carbons (Fsp3) is 0.0364. The van der Waals surface area contributed by atoms with Crippen molar-refractivity contribution in [3.63, 3.8) is 0 Å². The van der Waals surface area contributed by atoms with E-state index in [1.165, 1.54) is 91.7 Å². The van der Waals surface area contributed by atoms with Crippen molar-refractivity contribution in [1.82, 2.24) is 18.3 Å². The lowest BCUT2D eigenvalue weighted by molar-refractivity contribution is 0.590. The highest BCUT2D eigenvalue weighted by atomic mass is 15.2. The Labute approximate surface area is 677 Å². The van der Waals surface area contributed by atoms with Crippen molar-refractivity contribution in [1.29, 1.82) is 0 Å². The zero-order valence-electron chi connectivity index (χ0n) is 64.9. The molecule has 0 atom stereocenters. The molecule has 23 aromatic rings. The van der Waals surface area contributed by atoms with Gasteiger partial charge < -0.3 is 33.0 Å². The quantitative estimate of drug-likeness (QED) is 0.115. The molecule has 0 saturated carbocycles. The average Bonchev–Trinajstić information content (AvgIpc) is 1.55. The van der Waals surface area contributed by atoms with Gasteiger partial charge in [0.25, 0.3) is 0 Å². The van der Waals surface area contributed by atoms with Gasteiger partial charge in [-0.3, -0.25) is 0 Å². The van der Waals surface area contributed by atoms with Gasteiger partial charge in [0, 0.05) is 117 Å². The summed E-state index contributed by atoms with van der Waals surface area (Å²) in [6, 6.07) is 153. The van der Waals surface area contributed by atoms with E-state index in [4.69, 9.17) is 0 Å². The lowest BCUT2D eigenvalue weighted by atomic mass is 9.87. The summed E-state index contributed by atoms with van der Waals surface area (Å²) in [5, 5.41) is 19.2. The number of para-hydroxylation sites is 6. The normalized spacial score (nSPS) is 12.1. The molecular formula is C110H77N7. The van der Waals surface area contributed by atoms with Gasteiger partial charge in [0.15, 0.2) is 0 Å². The number of fused-ring (bicyclic) bond motifs is 20. The van der Waals surface area contributed by atoms with E-state index in [2.05, 4.69) is 466 Å². The Kier molecular flexibility index (Phi) is 15.4. The second-order valence-electron chi connectivity index (χ2n) is 32.1. The zero-order valence-corrected chi connectivity index (χ0v) is 64.9. The summed E-state index contributed by atoms with van der Waals surface area (Å²) in [6.07, 6.45) is 0. The van der Waals surface area contributed by atoms with Crippen molar-refractivity contribution < 1.29 is 0 Å². The van der Waals surface area contributed by atoms with Crippen LogP contribution in [0, 0.1) is 0 Å². The Morgan fingerprint density at radius 2 is 0.393 bits per heavy atom. The fourth-order valence-electron chi connectivity index (χ4n) is 19.0. The van der Waals surface area contributed by atoms with E-state index < -0.39 is 0 Å². The smallest absolute Gasteiger partial charge is 0.0562 e. The molecule has 4 aromatic heterocycles. The number of hydrogen-bond acceptors (Lipinski definition) is 3. The molecule has 0 fully saturated rings. The maximum Gasteiger partial charge on any atom is 0.0562 e. The van der Waals surface area contributed by atoms with Crippen molar-refractivity contribution in [2.24, 2.45) is 0 Å². The lowest BCUT2D eigenvalue weighted by Gasteiger charge is -2.27. The van der Waals surface area contributed by atoms with E-state index in [9.17, 15) is 0 Å². The molecule has 4 heterocycles. The third-order valence-corrected chi connectivity index (χ3v) is 24.3. The zero-order chi connectivity index (χ0) is 77.6. The highest BCUT2D eigenvalue weighted by Gasteiger charge is 2.28. The molecule has 117 heavy (non-hydrogen) atoms. The van der Waals surface area contributed by atoms with Crippen LogP contribution in [0.4, 0.5) is 51.2 Å². The van der Waals surface area contributed by atoms with Crippen LogP contribution in [-0.4, -0.2) is 18.3 Å². The van der Waals surface area contributed by atoms with Crippen LogP contribution in [0.5, 0.6) is 0 Å². The van der Waals surface area contributed by atoms with Crippen molar-refractivity contribution in [2.45, 2.75) is 26.2 Å². The first-order chi connectivity index (χ1) is 57.7. The number of anilines is 9. The van der Waals surface area contributed by atoms with Gasteiger partial charge in [-0.25, -0.2) is 0 Å². The maximum atomic E-state index is 2.49. The highest BCUT2D eigenvalue weighted by molar-refractivity contribution is 6.32. The van der Waals surface area contributed by atoms with E-state index >= 15 is 0 Å². The van der Waals surface area contributed by atoms with Gasteiger partial charge in [0.1, 0.15) is 0 Å². The minimum atomic E-state index is -0.0556. The third-order valence-electron chi connectivity index (χ3n) is 24.3. The molecule has 0 amide bonds. The summed E-state index contributed by atoms with van der Waals surface area (Å²) in [5.41, 5.74) is 24.4. The molecule has 0 N–H and O–H groups in total. The minimum absolute atomic E-state index is 0.0556. The number of aromatic nitrogens is 4. The molecule has 0 bridgehead atoms. The van der Waals surface area contributed by atoms with Crippen LogP contribution >= 0.6 is 0 Å². The molecule has 0 aliphatic carbocycles. The average molecular weight is 1500 g/mol. The summed E-state index contributed by atoms with van der Waals surface area (Å²) >= 11 is 0. The molecular weight excluding hydrogens is 1420 g/mol. The van der Waals surface area contributed by atoms with Crippen LogP contribution in [0.15, 0.2) is 413 Å². The molecule has 0 saturated heterocycles. The van der Waals surface area contributed by atoms with Crippen LogP contribution in [0.2, 0.25) is 0 Å². The predicted octanol–water partition coefficient (Wildman–Crippen LogP) is 30.4. The maximum absolute atomic E-state index is 2.49. The number of hydrogen-bond donors (Lipinski definition) is 0. The summed E-state index contributed by atoms with van der Waals surface area (Å²) in [6.45, 7) is 6.89. The van der Waals surface area contributed by atoms with Crippen LogP contribution in [0.25, 0.3) is 153 Å². The van der Waals surface area contributed by atoms with Crippen molar-refractivity contribution in [2.75, 3.05) is 14.7 Å². The molecule has 0 aliphatic rings. The van der Waals surface area contributed by atoms with Gasteiger partial charge in [0.2, 0.25) is 0 Å². The Morgan fingerprint density at radius 3 is 0.675 bits per heavy atom. The number of nitrogens with zero attached hydrogens (tertiary/aromatic N) is 7. The van der Waals surface area contributed by atoms with Crippen molar-refractivity contribution in [3.8, 4) is 22.7 Å². The van der Waals surface area contributed by atoms with Gasteiger partial charge in [-0.1, -0.05) is 251 Å². The van der Waals surface area contributed by atoms with E-state index in [0.717, 1.165) is 118 Å². The molecule has 0 spiro atoms. The summed E-state index contributed by atoms with van der Waals surface area (Å²) < 4.78 is 9.91. The minimum Gasteiger partial charge on any atom is -0.310 e. The number of benzene rings is 19. The van der Waals surface area contributed by atoms with Gasteiger partial charge in [-0.2, -0.15) is 0 Å². The molecule has 19 aromatic carbocycles. The molecule has 0 unspecified atom stereocenters. The van der Waals surface area contributed by atoms with Crippen LogP contribution in [0.3, 0.4) is 0 Å². The Balaban J connectivity index is 0.718. The monoisotopic (exact) mass is 1500 g/mol. The topological polar surface area (TPSA) is 29.4 Å². The van der Waals surface area contributed by atoms with E-state index in [-0.39, 0.29) is 5.41 Å². The van der Waals surface area contributed by atoms with E-state index in [0.29, 0.717) is 0 Å². The second-order valence-corrected chi connectivity index (χ2v) is 32.1. The Morgan fingerprint density at radius 1 is 0.171 bits per heavy atom. The van der Waals surface area contributed by atoms with Crippen molar-refractivity contribution in [3.05, 3.63) is 418 Å². The first-order valence-electron chi connectivity index (χ1n) is 40.5. The van der Waals surface area contributed by atoms with Crippen LogP contribution in [0.1, 0.15) is 26.3 Å². The molecule has 23 rings (SSSR count). The fourth-order valence-corrected chi connectivity index (χ4v) is 19.0. The van der Waals surface area contributed by atoms with Gasteiger partial charge in [-0.15, -0.1) is 0 Å². The van der Waals surface area contributed by atoms with Crippen molar-refractivity contribution >= 4 is 181 Å². The summed E-state index contributed by atoms with van der Waals surface area (Å²) in [4.78, 5) is 7.27. The van der Waals surface area contributed by atoms with Gasteiger partial charge in [0.05, 0.1) is 44.1 Å².